The summed E-state index contributed by atoms with van der Waals surface area (Å²) in [6, 6.07) is 11.5. The first-order chi connectivity index (χ1) is 22.3. The van der Waals surface area contributed by atoms with E-state index in [1.807, 2.05) is 0 Å². The molecule has 11 nitrogen and oxygen atoms in total. The van der Waals surface area contributed by atoms with Crippen LogP contribution in [0.25, 0.3) is 0 Å². The van der Waals surface area contributed by atoms with Crippen LogP contribution >= 0.6 is 34.8 Å². The van der Waals surface area contributed by atoms with Crippen LogP contribution in [0.3, 0.4) is 0 Å². The maximum atomic E-state index is 14.4. The summed E-state index contributed by atoms with van der Waals surface area (Å²) in [7, 11) is -3.34. The Kier molecular flexibility index (Phi) is 12.0. The number of benzene rings is 3. The number of nitrogens with one attached hydrogen (secondary N) is 1. The largest absolute Gasteiger partial charge is 0.495 e. The molecule has 1 atom stereocenters. The number of halogens is 3. The van der Waals surface area contributed by atoms with E-state index in [1.54, 1.807) is 19.1 Å². The van der Waals surface area contributed by atoms with Gasteiger partial charge in [0.15, 0.2) is 0 Å². The molecule has 0 saturated heterocycles. The third kappa shape index (κ3) is 8.48. The van der Waals surface area contributed by atoms with Crippen molar-refractivity contribution in [3.63, 3.8) is 0 Å². The Morgan fingerprint density at radius 1 is 1.04 bits per heavy atom. The van der Waals surface area contributed by atoms with E-state index in [2.05, 4.69) is 5.32 Å². The zero-order valence-electron chi connectivity index (χ0n) is 26.0. The van der Waals surface area contributed by atoms with Crippen molar-refractivity contribution in [2.24, 2.45) is 0 Å². The predicted octanol–water partition coefficient (Wildman–Crippen LogP) is 6.93. The van der Waals surface area contributed by atoms with Gasteiger partial charge < -0.3 is 15.0 Å². The number of methoxy groups -OCH3 is 1. The van der Waals surface area contributed by atoms with Crippen LogP contribution in [0.5, 0.6) is 5.75 Å². The number of amides is 2. The molecular weight excluding hydrogens is 691 g/mol. The van der Waals surface area contributed by atoms with E-state index in [0.29, 0.717) is 10.6 Å². The molecule has 1 fully saturated rings. The number of sulfonamides is 1. The minimum Gasteiger partial charge on any atom is -0.495 e. The monoisotopic (exact) mass is 724 g/mol. The molecule has 0 bridgehead atoms. The third-order valence-corrected chi connectivity index (χ3v) is 10.7. The molecule has 0 aromatic heterocycles. The molecule has 1 aliphatic rings. The molecule has 0 radical (unpaired) electrons. The Morgan fingerprint density at radius 2 is 1.70 bits per heavy atom. The minimum absolute atomic E-state index is 0.0300. The Balaban J connectivity index is 1.83. The zero-order chi connectivity index (χ0) is 34.5. The van der Waals surface area contributed by atoms with Crippen LogP contribution in [-0.4, -0.2) is 55.8 Å². The number of rotatable bonds is 13. The van der Waals surface area contributed by atoms with Gasteiger partial charge in [-0.25, -0.2) is 8.42 Å². The van der Waals surface area contributed by atoms with E-state index in [9.17, 15) is 28.1 Å². The van der Waals surface area contributed by atoms with E-state index in [1.165, 1.54) is 55.3 Å². The summed E-state index contributed by atoms with van der Waals surface area (Å²) in [5.41, 5.74) is 0.246. The number of anilines is 1. The molecular formula is C32H35Cl3N4O7S. The minimum atomic E-state index is -4.66. The van der Waals surface area contributed by atoms with Gasteiger partial charge in [-0.15, -0.1) is 0 Å². The lowest BCUT2D eigenvalue weighted by Gasteiger charge is -2.34. The fourth-order valence-electron chi connectivity index (χ4n) is 5.57. The van der Waals surface area contributed by atoms with Crippen molar-refractivity contribution >= 4 is 68.0 Å². The fraction of sp³-hybridized carbons (Fsp3) is 0.375. The molecule has 4 rings (SSSR count). The highest BCUT2D eigenvalue weighted by atomic mass is 35.5. The van der Waals surface area contributed by atoms with Crippen LogP contribution < -0.4 is 14.4 Å². The van der Waals surface area contributed by atoms with E-state index in [-0.39, 0.29) is 52.0 Å². The molecule has 3 aromatic rings. The Bertz CT molecular complexity index is 1770. The molecule has 2 amide bonds. The molecule has 1 N–H and O–H groups in total. The highest BCUT2D eigenvalue weighted by Crippen LogP contribution is 2.36. The maximum absolute atomic E-state index is 14.4. The van der Waals surface area contributed by atoms with Crippen LogP contribution in [0, 0.1) is 17.0 Å². The predicted molar refractivity (Wildman–Crippen MR) is 182 cm³/mol. The highest BCUT2D eigenvalue weighted by molar-refractivity contribution is 7.92. The van der Waals surface area contributed by atoms with Gasteiger partial charge in [0, 0.05) is 39.3 Å². The number of nitro groups is 1. The molecule has 252 valence electrons. The summed E-state index contributed by atoms with van der Waals surface area (Å²) in [6.07, 6.45) is 3.82. The van der Waals surface area contributed by atoms with Crippen molar-refractivity contribution in [3.05, 3.63) is 90.9 Å². The number of carbonyl (C=O) groups is 2. The summed E-state index contributed by atoms with van der Waals surface area (Å²) >= 11 is 18.9. The highest BCUT2D eigenvalue weighted by Gasteiger charge is 2.36. The van der Waals surface area contributed by atoms with Crippen molar-refractivity contribution in [2.45, 2.75) is 69.5 Å². The van der Waals surface area contributed by atoms with Gasteiger partial charge in [0.25, 0.3) is 15.7 Å². The van der Waals surface area contributed by atoms with E-state index >= 15 is 0 Å². The first-order valence-electron chi connectivity index (χ1n) is 14.9. The van der Waals surface area contributed by atoms with E-state index < -0.39 is 44.0 Å². The first-order valence-corrected chi connectivity index (χ1v) is 17.5. The number of nitrogens with zero attached hydrogens (tertiary/aromatic N) is 3. The van der Waals surface area contributed by atoms with Gasteiger partial charge in [-0.1, -0.05) is 66.7 Å². The number of hydrogen-bond acceptors (Lipinski definition) is 7. The van der Waals surface area contributed by atoms with E-state index in [4.69, 9.17) is 39.5 Å². The van der Waals surface area contributed by atoms with Crippen LogP contribution in [0.15, 0.2) is 59.5 Å². The molecule has 15 heteroatoms. The Morgan fingerprint density at radius 3 is 2.32 bits per heavy atom. The normalized spacial score (nSPS) is 14.0. The second kappa shape index (κ2) is 15.5. The van der Waals surface area contributed by atoms with Gasteiger partial charge in [0.2, 0.25) is 11.8 Å². The topological polar surface area (TPSA) is 139 Å². The molecule has 1 saturated carbocycles. The van der Waals surface area contributed by atoms with Gasteiger partial charge >= 0.3 is 0 Å². The quantitative estimate of drug-likeness (QED) is 0.149. The lowest BCUT2D eigenvalue weighted by molar-refractivity contribution is -0.385. The molecule has 0 unspecified atom stereocenters. The van der Waals surface area contributed by atoms with Crippen LogP contribution in [0.4, 0.5) is 11.4 Å². The van der Waals surface area contributed by atoms with Gasteiger partial charge in [0.1, 0.15) is 18.3 Å². The number of carbonyl (C=O) groups excluding carboxylic acids is 2. The van der Waals surface area contributed by atoms with Gasteiger partial charge in [-0.05, 0) is 68.1 Å². The lowest BCUT2D eigenvalue weighted by atomic mass is 10.1. The second-order valence-corrected chi connectivity index (χ2v) is 14.3. The summed E-state index contributed by atoms with van der Waals surface area (Å²) in [6.45, 7) is 2.29. The average Bonchev–Trinajstić information content (AvgIpc) is 3.53. The number of ether oxygens (including phenoxy) is 1. The first kappa shape index (κ1) is 36.3. The third-order valence-electron chi connectivity index (χ3n) is 8.10. The molecule has 3 aromatic carbocycles. The SMILES string of the molecule is CC[C@@H](C(=O)NC1CCCC1)N(Cc1ccc(Cl)cc1Cl)C(=O)CN(c1cc(Cl)ccc1OC)S(=O)(=O)c1ccc(C)c([N+](=O)[O-])c1. The van der Waals surface area contributed by atoms with E-state index in [0.717, 1.165) is 36.1 Å². The summed E-state index contributed by atoms with van der Waals surface area (Å²) in [5, 5.41) is 15.5. The van der Waals surface area contributed by atoms with Crippen molar-refractivity contribution < 1.29 is 27.7 Å². The van der Waals surface area contributed by atoms with Crippen LogP contribution in [0.1, 0.15) is 50.2 Å². The Labute approximate surface area is 288 Å². The Hall–Kier alpha value is -3.58. The summed E-state index contributed by atoms with van der Waals surface area (Å²) in [4.78, 5) is 40.0. The smallest absolute Gasteiger partial charge is 0.273 e. The molecule has 0 aliphatic heterocycles. The second-order valence-electron chi connectivity index (χ2n) is 11.2. The molecule has 0 heterocycles. The van der Waals surface area contributed by atoms with Crippen LogP contribution in [0.2, 0.25) is 15.1 Å². The van der Waals surface area contributed by atoms with Crippen molar-refractivity contribution in [2.75, 3.05) is 18.0 Å². The number of hydrogen-bond donors (Lipinski definition) is 1. The van der Waals surface area contributed by atoms with Crippen molar-refractivity contribution in [1.82, 2.24) is 10.2 Å². The molecule has 0 spiro atoms. The zero-order valence-corrected chi connectivity index (χ0v) is 29.1. The molecule has 1 aliphatic carbocycles. The average molecular weight is 726 g/mol. The number of nitro benzene ring substituents is 1. The standard InChI is InChI=1S/C32H35Cl3N4O7S/c1-4-27(32(41)36-24-7-5-6-8-24)37(18-21-10-11-22(33)15-26(21)35)31(40)19-38(29-16-23(34)12-14-30(29)46-3)47(44,45)25-13-9-20(2)28(17-25)39(42)43/h9-17,24,27H,4-8,18-19H2,1-3H3,(H,36,41)/t27-/m0/s1. The van der Waals surface area contributed by atoms with Crippen LogP contribution in [-0.2, 0) is 26.2 Å². The summed E-state index contributed by atoms with van der Waals surface area (Å²) < 4.78 is 34.9. The van der Waals surface area contributed by atoms with Gasteiger partial charge in [-0.2, -0.15) is 0 Å². The fourth-order valence-corrected chi connectivity index (χ4v) is 7.64. The van der Waals surface area contributed by atoms with Crippen molar-refractivity contribution in [3.8, 4) is 5.75 Å². The van der Waals surface area contributed by atoms with Gasteiger partial charge in [-0.3, -0.25) is 24.0 Å². The van der Waals surface area contributed by atoms with Crippen molar-refractivity contribution in [1.29, 1.82) is 0 Å². The lowest BCUT2D eigenvalue weighted by Crippen LogP contribution is -2.53. The molecule has 47 heavy (non-hydrogen) atoms. The summed E-state index contributed by atoms with van der Waals surface area (Å²) in [5.74, 6) is -1.04. The maximum Gasteiger partial charge on any atom is 0.273 e. The van der Waals surface area contributed by atoms with Gasteiger partial charge in [0.05, 0.1) is 22.6 Å². The number of aryl methyl sites for hydroxylation is 1.